The maximum Gasteiger partial charge on any atom is 0.170 e. The van der Waals surface area contributed by atoms with Gasteiger partial charge in [0.1, 0.15) is 0 Å². The van der Waals surface area contributed by atoms with Gasteiger partial charge in [-0.05, 0) is 44.1 Å². The number of carbonyl (C=O) groups excluding carboxylic acids is 1. The molecule has 0 saturated carbocycles. The number of nitrogens with one attached hydrogen (secondary N) is 1. The van der Waals surface area contributed by atoms with Gasteiger partial charge in [0.25, 0.3) is 0 Å². The van der Waals surface area contributed by atoms with Gasteiger partial charge in [0.2, 0.25) is 0 Å². The van der Waals surface area contributed by atoms with Crippen molar-refractivity contribution in [2.75, 3.05) is 5.88 Å². The summed E-state index contributed by atoms with van der Waals surface area (Å²) in [6.45, 7) is 6.11. The van der Waals surface area contributed by atoms with Crippen molar-refractivity contribution in [3.8, 4) is 0 Å². The quantitative estimate of drug-likeness (QED) is 0.605. The molecule has 0 aromatic carbocycles. The van der Waals surface area contributed by atoms with Crippen molar-refractivity contribution in [2.24, 2.45) is 0 Å². The molecule has 1 N–H and O–H groups in total. The van der Waals surface area contributed by atoms with Crippen molar-refractivity contribution in [2.45, 2.75) is 20.8 Å². The van der Waals surface area contributed by atoms with Gasteiger partial charge < -0.3 is 4.98 Å². The first-order valence-corrected chi connectivity index (χ1v) is 5.02. The molecule has 1 aromatic heterocycles. The van der Waals surface area contributed by atoms with Gasteiger partial charge in [-0.3, -0.25) is 4.79 Å². The second-order valence-corrected chi connectivity index (χ2v) is 3.61. The highest BCUT2D eigenvalue weighted by Crippen LogP contribution is 2.17. The molecule has 0 aliphatic carbocycles. The van der Waals surface area contributed by atoms with E-state index in [0.717, 1.165) is 11.4 Å². The fourth-order valence-electron chi connectivity index (χ4n) is 1.26. The largest absolute Gasteiger partial charge is 0.359 e. The highest BCUT2D eigenvalue weighted by atomic mass is 35.5. The summed E-state index contributed by atoms with van der Waals surface area (Å²) in [4.78, 5) is 14.2. The molecule has 0 spiro atoms. The molecular weight excluding hydrogens is 198 g/mol. The molecule has 0 unspecified atom stereocenters. The first-order chi connectivity index (χ1) is 6.56. The van der Waals surface area contributed by atoms with E-state index in [2.05, 4.69) is 11.9 Å². The van der Waals surface area contributed by atoms with E-state index in [-0.39, 0.29) is 11.7 Å². The number of halogens is 1. The van der Waals surface area contributed by atoms with E-state index < -0.39 is 0 Å². The molecule has 1 heterocycles. The van der Waals surface area contributed by atoms with E-state index in [1.165, 1.54) is 17.2 Å². The fraction of sp³-hybridized carbons (Fsp3) is 0.364. The third-order valence-corrected chi connectivity index (χ3v) is 2.68. The SMILES string of the molecule is Cc1[nH]c(/C=C/C(=O)CCl)c(C)c1C. The van der Waals surface area contributed by atoms with Gasteiger partial charge >= 0.3 is 0 Å². The van der Waals surface area contributed by atoms with E-state index in [9.17, 15) is 4.79 Å². The smallest absolute Gasteiger partial charge is 0.170 e. The minimum absolute atomic E-state index is 0.0359. The third-order valence-electron chi connectivity index (χ3n) is 2.42. The Hall–Kier alpha value is -1.02. The fourth-order valence-corrected chi connectivity index (χ4v) is 1.35. The van der Waals surface area contributed by atoms with Crippen LogP contribution in [0.1, 0.15) is 22.5 Å². The Bertz CT molecular complexity index is 377. The van der Waals surface area contributed by atoms with Crippen LogP contribution in [0.5, 0.6) is 0 Å². The molecule has 2 nitrogen and oxygen atoms in total. The first-order valence-electron chi connectivity index (χ1n) is 4.49. The van der Waals surface area contributed by atoms with E-state index in [1.807, 2.05) is 13.8 Å². The Morgan fingerprint density at radius 1 is 1.36 bits per heavy atom. The molecule has 0 saturated heterocycles. The Kier molecular flexibility index (Phi) is 3.53. The first kappa shape index (κ1) is 11.1. The molecule has 0 atom stereocenters. The second kappa shape index (κ2) is 4.47. The molecule has 0 aliphatic heterocycles. The standard InChI is InChI=1S/C11H14ClNO/c1-7-8(2)11(13-9(7)3)5-4-10(14)6-12/h4-5,13H,6H2,1-3H3/b5-4+. The molecule has 14 heavy (non-hydrogen) atoms. The van der Waals surface area contributed by atoms with E-state index in [0.29, 0.717) is 0 Å². The number of rotatable bonds is 3. The Morgan fingerprint density at radius 2 is 2.00 bits per heavy atom. The zero-order valence-corrected chi connectivity index (χ0v) is 9.40. The van der Waals surface area contributed by atoms with Crippen LogP contribution >= 0.6 is 11.6 Å². The summed E-state index contributed by atoms with van der Waals surface area (Å²) < 4.78 is 0. The monoisotopic (exact) mass is 211 g/mol. The molecule has 3 heteroatoms. The number of H-pyrrole nitrogens is 1. The van der Waals surface area contributed by atoms with Crippen molar-refractivity contribution in [1.82, 2.24) is 4.98 Å². The Balaban J connectivity index is 2.92. The van der Waals surface area contributed by atoms with Crippen LogP contribution in [-0.4, -0.2) is 16.6 Å². The number of aryl methyl sites for hydroxylation is 1. The number of carbonyl (C=O) groups is 1. The summed E-state index contributed by atoms with van der Waals surface area (Å²) in [5.41, 5.74) is 4.54. The van der Waals surface area contributed by atoms with Gasteiger partial charge in [-0.15, -0.1) is 11.6 Å². The van der Waals surface area contributed by atoms with Crippen molar-refractivity contribution < 1.29 is 4.79 Å². The van der Waals surface area contributed by atoms with Crippen LogP contribution in [0.3, 0.4) is 0 Å². The molecule has 0 amide bonds. The van der Waals surface area contributed by atoms with Crippen molar-refractivity contribution in [3.05, 3.63) is 28.6 Å². The summed E-state index contributed by atoms with van der Waals surface area (Å²) in [5.74, 6) is -0.0372. The predicted molar refractivity (Wildman–Crippen MR) is 59.8 cm³/mol. The zero-order valence-electron chi connectivity index (χ0n) is 8.65. The van der Waals surface area contributed by atoms with Crippen LogP contribution in [0.25, 0.3) is 6.08 Å². The number of aromatic nitrogens is 1. The minimum Gasteiger partial charge on any atom is -0.359 e. The molecule has 76 valence electrons. The third kappa shape index (κ3) is 2.26. The van der Waals surface area contributed by atoms with Gasteiger partial charge in [-0.1, -0.05) is 0 Å². The van der Waals surface area contributed by atoms with Crippen molar-refractivity contribution in [1.29, 1.82) is 0 Å². The Labute approximate surface area is 89.0 Å². The van der Waals surface area contributed by atoms with Crippen LogP contribution in [0, 0.1) is 20.8 Å². The highest BCUT2D eigenvalue weighted by Gasteiger charge is 2.04. The molecule has 0 fully saturated rings. The van der Waals surface area contributed by atoms with Gasteiger partial charge in [-0.2, -0.15) is 0 Å². The lowest BCUT2D eigenvalue weighted by Crippen LogP contribution is -1.92. The van der Waals surface area contributed by atoms with Crippen molar-refractivity contribution in [3.63, 3.8) is 0 Å². The topological polar surface area (TPSA) is 32.9 Å². The van der Waals surface area contributed by atoms with Crippen molar-refractivity contribution >= 4 is 23.5 Å². The van der Waals surface area contributed by atoms with Crippen LogP contribution in [-0.2, 0) is 4.79 Å². The highest BCUT2D eigenvalue weighted by molar-refractivity contribution is 6.29. The number of alkyl halides is 1. The Morgan fingerprint density at radius 3 is 2.43 bits per heavy atom. The molecule has 1 rings (SSSR count). The normalized spacial score (nSPS) is 11.1. The zero-order chi connectivity index (χ0) is 10.7. The number of allylic oxidation sites excluding steroid dienone is 1. The molecule has 0 aliphatic rings. The number of hydrogen-bond acceptors (Lipinski definition) is 1. The lowest BCUT2D eigenvalue weighted by atomic mass is 10.1. The maximum atomic E-state index is 11.0. The number of hydrogen-bond donors (Lipinski definition) is 1. The van der Waals surface area contributed by atoms with Gasteiger partial charge in [0, 0.05) is 11.4 Å². The van der Waals surface area contributed by atoms with Crippen LogP contribution in [0.2, 0.25) is 0 Å². The molecule has 0 radical (unpaired) electrons. The van der Waals surface area contributed by atoms with E-state index in [4.69, 9.17) is 11.6 Å². The van der Waals surface area contributed by atoms with Gasteiger partial charge in [-0.25, -0.2) is 0 Å². The maximum absolute atomic E-state index is 11.0. The van der Waals surface area contributed by atoms with Crippen LogP contribution in [0.15, 0.2) is 6.08 Å². The molecule has 0 bridgehead atoms. The van der Waals surface area contributed by atoms with E-state index in [1.54, 1.807) is 6.08 Å². The van der Waals surface area contributed by atoms with Gasteiger partial charge in [0.05, 0.1) is 5.88 Å². The lowest BCUT2D eigenvalue weighted by Gasteiger charge is -1.91. The van der Waals surface area contributed by atoms with Crippen LogP contribution < -0.4 is 0 Å². The summed E-state index contributed by atoms with van der Waals surface area (Å²) in [5, 5.41) is 0. The summed E-state index contributed by atoms with van der Waals surface area (Å²) >= 11 is 5.38. The molecule has 1 aromatic rings. The minimum atomic E-state index is -0.0732. The lowest BCUT2D eigenvalue weighted by molar-refractivity contribution is -0.112. The van der Waals surface area contributed by atoms with Crippen LogP contribution in [0.4, 0.5) is 0 Å². The summed E-state index contributed by atoms with van der Waals surface area (Å²) in [6.07, 6.45) is 3.28. The predicted octanol–water partition coefficient (Wildman–Crippen LogP) is 2.76. The molecular formula is C11H14ClNO. The van der Waals surface area contributed by atoms with E-state index >= 15 is 0 Å². The average molecular weight is 212 g/mol. The average Bonchev–Trinajstić information content (AvgIpc) is 2.42. The number of ketones is 1. The number of aromatic amines is 1. The van der Waals surface area contributed by atoms with Gasteiger partial charge in [0.15, 0.2) is 5.78 Å². The second-order valence-electron chi connectivity index (χ2n) is 3.35. The summed E-state index contributed by atoms with van der Waals surface area (Å²) in [7, 11) is 0. The summed E-state index contributed by atoms with van der Waals surface area (Å²) in [6, 6.07) is 0.